The minimum absolute atomic E-state index is 0.109. The van der Waals surface area contributed by atoms with Crippen LogP contribution in [0.2, 0.25) is 0 Å². The standard InChI is InChI=1S/C13H19F2NO/c1-3-8-16-12(7-9-17-2)13-10(14)5-4-6-11(13)15/h4-6,12,16H,3,7-9H2,1-2H3. The largest absolute Gasteiger partial charge is 0.385 e. The van der Waals surface area contributed by atoms with E-state index >= 15 is 0 Å². The van der Waals surface area contributed by atoms with Gasteiger partial charge in [0.25, 0.3) is 0 Å². The Labute approximate surface area is 101 Å². The summed E-state index contributed by atoms with van der Waals surface area (Å²) in [7, 11) is 1.58. The second kappa shape index (κ2) is 7.35. The van der Waals surface area contributed by atoms with E-state index in [2.05, 4.69) is 5.32 Å². The van der Waals surface area contributed by atoms with Gasteiger partial charge >= 0.3 is 0 Å². The van der Waals surface area contributed by atoms with Gasteiger partial charge in [-0.15, -0.1) is 0 Å². The highest BCUT2D eigenvalue weighted by atomic mass is 19.1. The molecule has 96 valence electrons. The molecule has 0 amide bonds. The van der Waals surface area contributed by atoms with Gasteiger partial charge in [-0.3, -0.25) is 0 Å². The number of hydrogen-bond donors (Lipinski definition) is 1. The smallest absolute Gasteiger partial charge is 0.130 e. The molecule has 0 fully saturated rings. The molecule has 0 bridgehead atoms. The first kappa shape index (κ1) is 14.1. The first-order valence-electron chi connectivity index (χ1n) is 5.87. The maximum atomic E-state index is 13.6. The highest BCUT2D eigenvalue weighted by Crippen LogP contribution is 2.23. The van der Waals surface area contributed by atoms with Crippen molar-refractivity contribution in [3.05, 3.63) is 35.4 Å². The molecule has 0 aliphatic heterocycles. The number of rotatable bonds is 7. The Morgan fingerprint density at radius 1 is 1.29 bits per heavy atom. The highest BCUT2D eigenvalue weighted by molar-refractivity contribution is 5.23. The molecule has 1 aromatic carbocycles. The summed E-state index contributed by atoms with van der Waals surface area (Å²) in [6.45, 7) is 3.20. The minimum Gasteiger partial charge on any atom is -0.385 e. The molecule has 1 aromatic rings. The Balaban J connectivity index is 2.86. The Morgan fingerprint density at radius 3 is 2.47 bits per heavy atom. The van der Waals surface area contributed by atoms with E-state index in [1.165, 1.54) is 18.2 Å². The quantitative estimate of drug-likeness (QED) is 0.794. The molecule has 1 atom stereocenters. The Kier molecular flexibility index (Phi) is 6.08. The van der Waals surface area contributed by atoms with Gasteiger partial charge < -0.3 is 10.1 Å². The summed E-state index contributed by atoms with van der Waals surface area (Å²) in [4.78, 5) is 0. The van der Waals surface area contributed by atoms with Crippen LogP contribution in [0.25, 0.3) is 0 Å². The van der Waals surface area contributed by atoms with E-state index < -0.39 is 11.6 Å². The van der Waals surface area contributed by atoms with Crippen molar-refractivity contribution >= 4 is 0 Å². The molecule has 0 aliphatic rings. The molecule has 2 nitrogen and oxygen atoms in total. The third-order valence-corrected chi connectivity index (χ3v) is 2.60. The van der Waals surface area contributed by atoms with Crippen LogP contribution in [0.1, 0.15) is 31.4 Å². The number of methoxy groups -OCH3 is 1. The van der Waals surface area contributed by atoms with E-state index in [1.807, 2.05) is 6.92 Å². The van der Waals surface area contributed by atoms with Crippen LogP contribution in [0.5, 0.6) is 0 Å². The molecule has 0 spiro atoms. The maximum absolute atomic E-state index is 13.6. The summed E-state index contributed by atoms with van der Waals surface area (Å²) in [5.41, 5.74) is 0.109. The van der Waals surface area contributed by atoms with E-state index in [0.29, 0.717) is 13.0 Å². The number of nitrogens with one attached hydrogen (secondary N) is 1. The van der Waals surface area contributed by atoms with Gasteiger partial charge in [0.05, 0.1) is 0 Å². The molecule has 0 radical (unpaired) electrons. The van der Waals surface area contributed by atoms with Crippen LogP contribution in [-0.2, 0) is 4.74 Å². The molecule has 0 saturated carbocycles. The Hall–Kier alpha value is -1.00. The number of ether oxygens (including phenoxy) is 1. The first-order chi connectivity index (χ1) is 8.20. The average Bonchev–Trinajstić information content (AvgIpc) is 2.31. The summed E-state index contributed by atoms with van der Waals surface area (Å²) < 4.78 is 32.2. The van der Waals surface area contributed by atoms with E-state index in [1.54, 1.807) is 7.11 Å². The van der Waals surface area contributed by atoms with Crippen LogP contribution in [0.4, 0.5) is 8.78 Å². The predicted molar refractivity (Wildman–Crippen MR) is 63.9 cm³/mol. The lowest BCUT2D eigenvalue weighted by Crippen LogP contribution is -2.25. The zero-order valence-corrected chi connectivity index (χ0v) is 10.3. The molecular weight excluding hydrogens is 224 g/mol. The van der Waals surface area contributed by atoms with Crippen LogP contribution in [0.15, 0.2) is 18.2 Å². The van der Waals surface area contributed by atoms with E-state index in [9.17, 15) is 8.78 Å². The molecule has 0 heterocycles. The molecule has 1 unspecified atom stereocenters. The van der Waals surface area contributed by atoms with Crippen molar-refractivity contribution < 1.29 is 13.5 Å². The van der Waals surface area contributed by atoms with Gasteiger partial charge in [0.1, 0.15) is 11.6 Å². The monoisotopic (exact) mass is 243 g/mol. The molecule has 0 aromatic heterocycles. The molecule has 4 heteroatoms. The van der Waals surface area contributed by atoms with Crippen molar-refractivity contribution in [2.24, 2.45) is 0 Å². The lowest BCUT2D eigenvalue weighted by molar-refractivity contribution is 0.181. The summed E-state index contributed by atoms with van der Waals surface area (Å²) in [6.07, 6.45) is 1.47. The van der Waals surface area contributed by atoms with Gasteiger partial charge in [0, 0.05) is 25.3 Å². The fourth-order valence-corrected chi connectivity index (χ4v) is 1.75. The fraction of sp³-hybridized carbons (Fsp3) is 0.538. The summed E-state index contributed by atoms with van der Waals surface area (Å²) in [6, 6.07) is 3.61. The molecule has 0 saturated heterocycles. The second-order valence-electron chi connectivity index (χ2n) is 3.92. The molecule has 0 aliphatic carbocycles. The topological polar surface area (TPSA) is 21.3 Å². The zero-order chi connectivity index (χ0) is 12.7. The van der Waals surface area contributed by atoms with Gasteiger partial charge in [0.15, 0.2) is 0 Å². The second-order valence-corrected chi connectivity index (χ2v) is 3.92. The van der Waals surface area contributed by atoms with Gasteiger partial charge in [-0.25, -0.2) is 8.78 Å². The predicted octanol–water partition coefficient (Wildman–Crippen LogP) is 3.04. The Morgan fingerprint density at radius 2 is 1.94 bits per heavy atom. The zero-order valence-electron chi connectivity index (χ0n) is 10.3. The van der Waals surface area contributed by atoms with Crippen molar-refractivity contribution in [3.63, 3.8) is 0 Å². The van der Waals surface area contributed by atoms with Gasteiger partial charge in [-0.1, -0.05) is 13.0 Å². The van der Waals surface area contributed by atoms with Crippen molar-refractivity contribution in [3.8, 4) is 0 Å². The van der Waals surface area contributed by atoms with Gasteiger partial charge in [-0.05, 0) is 31.5 Å². The third-order valence-electron chi connectivity index (χ3n) is 2.60. The van der Waals surface area contributed by atoms with E-state index in [4.69, 9.17) is 4.74 Å². The summed E-state index contributed by atoms with van der Waals surface area (Å²) in [5.74, 6) is -1.01. The van der Waals surface area contributed by atoms with E-state index in [-0.39, 0.29) is 11.6 Å². The lowest BCUT2D eigenvalue weighted by atomic mass is 10.0. The third kappa shape index (κ3) is 4.06. The van der Waals surface area contributed by atoms with Crippen molar-refractivity contribution in [2.45, 2.75) is 25.8 Å². The molecular formula is C13H19F2NO. The summed E-state index contributed by atoms with van der Waals surface area (Å²) >= 11 is 0. The van der Waals surface area contributed by atoms with Gasteiger partial charge in [0.2, 0.25) is 0 Å². The SMILES string of the molecule is CCCNC(CCOC)c1c(F)cccc1F. The summed E-state index contributed by atoms with van der Waals surface area (Å²) in [5, 5.41) is 3.14. The average molecular weight is 243 g/mol. The number of halogens is 2. The number of hydrogen-bond acceptors (Lipinski definition) is 2. The first-order valence-corrected chi connectivity index (χ1v) is 5.87. The van der Waals surface area contributed by atoms with Crippen molar-refractivity contribution in [1.82, 2.24) is 5.32 Å². The number of benzene rings is 1. The van der Waals surface area contributed by atoms with Crippen molar-refractivity contribution in [1.29, 1.82) is 0 Å². The molecule has 1 N–H and O–H groups in total. The normalized spacial score (nSPS) is 12.7. The lowest BCUT2D eigenvalue weighted by Gasteiger charge is -2.19. The highest BCUT2D eigenvalue weighted by Gasteiger charge is 2.18. The maximum Gasteiger partial charge on any atom is 0.130 e. The van der Waals surface area contributed by atoms with Crippen LogP contribution < -0.4 is 5.32 Å². The molecule has 1 rings (SSSR count). The minimum atomic E-state index is -0.505. The van der Waals surface area contributed by atoms with Gasteiger partial charge in [-0.2, -0.15) is 0 Å². The van der Waals surface area contributed by atoms with Crippen LogP contribution >= 0.6 is 0 Å². The van der Waals surface area contributed by atoms with Crippen molar-refractivity contribution in [2.75, 3.05) is 20.3 Å². The van der Waals surface area contributed by atoms with E-state index in [0.717, 1.165) is 13.0 Å². The fourth-order valence-electron chi connectivity index (χ4n) is 1.75. The van der Waals surface area contributed by atoms with Crippen LogP contribution in [-0.4, -0.2) is 20.3 Å². The van der Waals surface area contributed by atoms with Crippen LogP contribution in [0, 0.1) is 11.6 Å². The molecule has 17 heavy (non-hydrogen) atoms. The van der Waals surface area contributed by atoms with Crippen LogP contribution in [0.3, 0.4) is 0 Å². The Bertz CT molecular complexity index is 316.